The van der Waals surface area contributed by atoms with Crippen molar-refractivity contribution in [3.8, 4) is 0 Å². The van der Waals surface area contributed by atoms with Crippen LogP contribution in [0.3, 0.4) is 0 Å². The Morgan fingerprint density at radius 2 is 2.00 bits per heavy atom. The molecule has 0 radical (unpaired) electrons. The highest BCUT2D eigenvalue weighted by Crippen LogP contribution is 2.42. The van der Waals surface area contributed by atoms with Gasteiger partial charge in [-0.15, -0.1) is 11.8 Å². The second-order valence-electron chi connectivity index (χ2n) is 6.19. The molecule has 4 nitrogen and oxygen atoms in total. The van der Waals surface area contributed by atoms with Crippen LogP contribution in [0.1, 0.15) is 44.6 Å². The molecule has 0 saturated carbocycles. The highest BCUT2D eigenvalue weighted by atomic mass is 32.2. The Bertz CT molecular complexity index is 532. The Morgan fingerprint density at radius 3 is 2.61 bits per heavy atom. The van der Waals surface area contributed by atoms with Crippen molar-refractivity contribution >= 4 is 23.6 Å². The molecular weight excluding hydrogens is 310 g/mol. The summed E-state index contributed by atoms with van der Waals surface area (Å²) in [6.07, 6.45) is 1.23. The van der Waals surface area contributed by atoms with E-state index in [0.29, 0.717) is 18.8 Å². The topological polar surface area (TPSA) is 46.6 Å². The number of hydrogen-bond donors (Lipinski definition) is 0. The van der Waals surface area contributed by atoms with E-state index in [9.17, 15) is 9.59 Å². The van der Waals surface area contributed by atoms with E-state index in [1.54, 1.807) is 16.7 Å². The molecule has 0 unspecified atom stereocenters. The van der Waals surface area contributed by atoms with Crippen molar-refractivity contribution in [3.05, 3.63) is 35.9 Å². The third kappa shape index (κ3) is 4.50. The van der Waals surface area contributed by atoms with Gasteiger partial charge in [0.15, 0.2) is 0 Å². The molecule has 1 aromatic rings. The van der Waals surface area contributed by atoms with Gasteiger partial charge in [0.05, 0.1) is 6.61 Å². The largest absolute Gasteiger partial charge is 0.464 e. The summed E-state index contributed by atoms with van der Waals surface area (Å²) in [4.78, 5) is 26.7. The predicted octanol–water partition coefficient (Wildman–Crippen LogP) is 3.63. The van der Waals surface area contributed by atoms with E-state index in [-0.39, 0.29) is 23.2 Å². The molecule has 0 aromatic heterocycles. The van der Waals surface area contributed by atoms with Crippen LogP contribution in [0, 0.1) is 5.92 Å². The summed E-state index contributed by atoms with van der Waals surface area (Å²) in [5.41, 5.74) is 1.06. The summed E-state index contributed by atoms with van der Waals surface area (Å²) in [5.74, 6) is 0.621. The summed E-state index contributed by atoms with van der Waals surface area (Å²) >= 11 is 1.63. The van der Waals surface area contributed by atoms with Crippen LogP contribution < -0.4 is 0 Å². The van der Waals surface area contributed by atoms with Crippen LogP contribution >= 0.6 is 11.8 Å². The van der Waals surface area contributed by atoms with Crippen LogP contribution in [0.2, 0.25) is 0 Å². The van der Waals surface area contributed by atoms with Gasteiger partial charge in [0.1, 0.15) is 11.4 Å². The molecule has 2 rings (SSSR count). The minimum absolute atomic E-state index is 0.0258. The summed E-state index contributed by atoms with van der Waals surface area (Å²) in [6.45, 7) is 6.38. The first-order chi connectivity index (χ1) is 11.0. The van der Waals surface area contributed by atoms with Crippen molar-refractivity contribution in [1.82, 2.24) is 4.90 Å². The average Bonchev–Trinajstić information content (AvgIpc) is 2.98. The molecule has 1 fully saturated rings. The number of amides is 1. The van der Waals surface area contributed by atoms with Gasteiger partial charge in [-0.2, -0.15) is 0 Å². The molecule has 23 heavy (non-hydrogen) atoms. The van der Waals surface area contributed by atoms with E-state index in [1.807, 2.05) is 51.1 Å². The van der Waals surface area contributed by atoms with E-state index in [4.69, 9.17) is 4.74 Å². The number of thioether (sulfide) groups is 1. The van der Waals surface area contributed by atoms with Crippen LogP contribution in [0.15, 0.2) is 30.3 Å². The van der Waals surface area contributed by atoms with E-state index >= 15 is 0 Å². The number of rotatable bonds is 6. The van der Waals surface area contributed by atoms with Gasteiger partial charge in [-0.3, -0.25) is 4.79 Å². The molecule has 1 amide bonds. The van der Waals surface area contributed by atoms with E-state index in [2.05, 4.69) is 0 Å². The maximum atomic E-state index is 12.6. The zero-order valence-corrected chi connectivity index (χ0v) is 14.8. The average molecular weight is 335 g/mol. The summed E-state index contributed by atoms with van der Waals surface area (Å²) in [5, 5.41) is -0.105. The first kappa shape index (κ1) is 17.9. The van der Waals surface area contributed by atoms with Crippen LogP contribution in [0.4, 0.5) is 0 Å². The number of ether oxygens (including phenoxy) is 1. The Labute approximate surface area is 142 Å². The Balaban J connectivity index is 2.18. The van der Waals surface area contributed by atoms with Crippen molar-refractivity contribution in [2.24, 2.45) is 5.92 Å². The molecule has 1 heterocycles. The highest BCUT2D eigenvalue weighted by molar-refractivity contribution is 7.99. The van der Waals surface area contributed by atoms with Crippen molar-refractivity contribution in [3.63, 3.8) is 0 Å². The quantitative estimate of drug-likeness (QED) is 0.745. The van der Waals surface area contributed by atoms with Gasteiger partial charge in [0.2, 0.25) is 5.91 Å². The van der Waals surface area contributed by atoms with Crippen molar-refractivity contribution < 1.29 is 14.3 Å². The molecule has 1 aromatic carbocycles. The second-order valence-corrected chi connectivity index (χ2v) is 7.30. The number of carbonyl (C=O) groups excluding carboxylic acids is 2. The van der Waals surface area contributed by atoms with Crippen molar-refractivity contribution in [2.45, 2.75) is 45.0 Å². The molecule has 0 N–H and O–H groups in total. The van der Waals surface area contributed by atoms with E-state index in [0.717, 1.165) is 12.0 Å². The van der Waals surface area contributed by atoms with Gasteiger partial charge in [0, 0.05) is 12.2 Å². The lowest BCUT2D eigenvalue weighted by Crippen LogP contribution is -2.44. The Morgan fingerprint density at radius 1 is 1.30 bits per heavy atom. The normalized spacial score (nSPS) is 20.8. The van der Waals surface area contributed by atoms with Gasteiger partial charge in [-0.25, -0.2) is 4.79 Å². The number of hydrogen-bond acceptors (Lipinski definition) is 4. The first-order valence-corrected chi connectivity index (χ1v) is 9.23. The van der Waals surface area contributed by atoms with Gasteiger partial charge in [-0.1, -0.05) is 51.1 Å². The molecule has 1 aliphatic rings. The molecule has 5 heteroatoms. The number of nitrogens with zero attached hydrogens (tertiary/aromatic N) is 1. The molecule has 0 bridgehead atoms. The minimum atomic E-state index is -0.483. The van der Waals surface area contributed by atoms with Crippen molar-refractivity contribution in [2.75, 3.05) is 12.4 Å². The molecule has 126 valence electrons. The minimum Gasteiger partial charge on any atom is -0.464 e. The maximum absolute atomic E-state index is 12.6. The number of esters is 1. The lowest BCUT2D eigenvalue weighted by atomic mass is 10.1. The monoisotopic (exact) mass is 335 g/mol. The summed E-state index contributed by atoms with van der Waals surface area (Å²) in [6, 6.07) is 9.40. The first-order valence-electron chi connectivity index (χ1n) is 8.19. The Hall–Kier alpha value is -1.49. The van der Waals surface area contributed by atoms with Gasteiger partial charge >= 0.3 is 5.97 Å². The van der Waals surface area contributed by atoms with Gasteiger partial charge < -0.3 is 9.64 Å². The summed E-state index contributed by atoms with van der Waals surface area (Å²) < 4.78 is 5.38. The molecule has 0 aliphatic carbocycles. The van der Waals surface area contributed by atoms with Crippen LogP contribution in [-0.4, -0.2) is 35.2 Å². The third-order valence-corrected chi connectivity index (χ3v) is 4.99. The molecule has 0 spiro atoms. The molecule has 1 aliphatic heterocycles. The van der Waals surface area contributed by atoms with Crippen LogP contribution in [-0.2, 0) is 14.3 Å². The highest BCUT2D eigenvalue weighted by Gasteiger charge is 2.42. The SMILES string of the molecule is CCCC(=O)N1[C@H](C(=O)OCC(C)C)CS[C@H]1c1ccccc1. The van der Waals surface area contributed by atoms with Gasteiger partial charge in [-0.05, 0) is 17.9 Å². The fraction of sp³-hybridized carbons (Fsp3) is 0.556. The predicted molar refractivity (Wildman–Crippen MR) is 93.0 cm³/mol. The maximum Gasteiger partial charge on any atom is 0.329 e. The lowest BCUT2D eigenvalue weighted by molar-refractivity contribution is -0.155. The van der Waals surface area contributed by atoms with Crippen LogP contribution in [0.25, 0.3) is 0 Å². The number of carbonyl (C=O) groups is 2. The van der Waals surface area contributed by atoms with E-state index < -0.39 is 6.04 Å². The lowest BCUT2D eigenvalue weighted by Gasteiger charge is -2.28. The van der Waals surface area contributed by atoms with Crippen LogP contribution in [0.5, 0.6) is 0 Å². The van der Waals surface area contributed by atoms with E-state index in [1.165, 1.54) is 0 Å². The second kappa shape index (κ2) is 8.39. The third-order valence-electron chi connectivity index (χ3n) is 3.67. The Kier molecular flexibility index (Phi) is 6.51. The fourth-order valence-corrected chi connectivity index (χ4v) is 3.99. The van der Waals surface area contributed by atoms with Crippen molar-refractivity contribution in [1.29, 1.82) is 0 Å². The molecule has 1 saturated heterocycles. The molecular formula is C18H25NO3S. The van der Waals surface area contributed by atoms with Gasteiger partial charge in [0.25, 0.3) is 0 Å². The smallest absolute Gasteiger partial charge is 0.329 e. The zero-order valence-electron chi connectivity index (χ0n) is 14.0. The zero-order chi connectivity index (χ0) is 16.8. The standard InChI is InChI=1S/C18H25NO3S/c1-4-8-16(20)19-15(18(21)22-11-13(2)3)12-23-17(19)14-9-6-5-7-10-14/h5-7,9-10,13,15,17H,4,8,11-12H2,1-3H3/t15-,17-/m0/s1. The number of benzene rings is 1. The molecule has 2 atom stereocenters. The fourth-order valence-electron chi connectivity index (χ4n) is 2.55. The summed E-state index contributed by atoms with van der Waals surface area (Å²) in [7, 11) is 0.